The molecule has 0 unspecified atom stereocenters. The molecule has 0 aliphatic heterocycles. The number of nitriles is 4. The van der Waals surface area contributed by atoms with Crippen LogP contribution >= 0.6 is 45.3 Å². The van der Waals surface area contributed by atoms with Gasteiger partial charge in [0.15, 0.2) is 0 Å². The Morgan fingerprint density at radius 1 is 0.571 bits per heavy atom. The number of aromatic nitrogens is 3. The van der Waals surface area contributed by atoms with Gasteiger partial charge in [-0.05, 0) is 36.4 Å². The van der Waals surface area contributed by atoms with Crippen LogP contribution in [0.25, 0.3) is 62.0 Å². The summed E-state index contributed by atoms with van der Waals surface area (Å²) in [6.07, 6.45) is 0. The quantitative estimate of drug-likeness (QED) is 0.184. The lowest BCUT2D eigenvalue weighted by Gasteiger charge is -2.04. The van der Waals surface area contributed by atoms with Gasteiger partial charge in [0.05, 0.1) is 62.0 Å². The first-order valence-electron chi connectivity index (χ1n) is 12.3. The SMILES string of the molecule is Cn1c(-c2ccc(N=C(C#N)C#N)s2)cc2sc3c4sc5cc(-c6ccc(N=C(C#N)C#N)s6)n(C)c5c4n(C)c3c21. The summed E-state index contributed by atoms with van der Waals surface area (Å²) in [7, 11) is 6.26. The molecule has 0 aliphatic rings. The minimum absolute atomic E-state index is 0.155. The number of thiophene rings is 4. The second kappa shape index (κ2) is 9.53. The zero-order valence-electron chi connectivity index (χ0n) is 22.1. The summed E-state index contributed by atoms with van der Waals surface area (Å²) in [5.74, 6) is 0. The fourth-order valence-electron chi connectivity index (χ4n) is 5.32. The molecule has 0 spiro atoms. The molecule has 7 aromatic rings. The van der Waals surface area contributed by atoms with Crippen LogP contribution in [0.5, 0.6) is 0 Å². The first-order valence-corrected chi connectivity index (χ1v) is 15.6. The van der Waals surface area contributed by atoms with Gasteiger partial charge in [0.2, 0.25) is 11.4 Å². The normalized spacial score (nSPS) is 11.1. The molecule has 42 heavy (non-hydrogen) atoms. The average Bonchev–Trinajstić information content (AvgIpc) is 3.83. The van der Waals surface area contributed by atoms with Crippen LogP contribution in [0.15, 0.2) is 46.4 Å². The van der Waals surface area contributed by atoms with E-state index in [4.69, 9.17) is 21.0 Å². The Labute approximate surface area is 254 Å². The third kappa shape index (κ3) is 3.66. The molecule has 7 rings (SSSR count). The van der Waals surface area contributed by atoms with Crippen LogP contribution in [0, 0.1) is 45.3 Å². The van der Waals surface area contributed by atoms with Gasteiger partial charge in [-0.15, -0.1) is 45.3 Å². The predicted octanol–water partition coefficient (Wildman–Crippen LogP) is 8.13. The molecule has 0 saturated heterocycles. The standard InChI is InChI=1S/C29H15N9S4/c1-36-16(18-4-6-22(39-18)34-14(10-30)11-31)8-20-24(36)26-28(41-20)29-27(38(26)3)25-21(42-29)9-17(37(25)2)19-5-7-23(40-19)35-15(12-32)13-33/h4-9H,1-3H3. The van der Waals surface area contributed by atoms with E-state index in [-0.39, 0.29) is 11.4 Å². The summed E-state index contributed by atoms with van der Waals surface area (Å²) in [6, 6.07) is 19.3. The van der Waals surface area contributed by atoms with Crippen molar-refractivity contribution in [3.05, 3.63) is 36.4 Å². The summed E-state index contributed by atoms with van der Waals surface area (Å²) in [5, 5.41) is 37.5. The largest absolute Gasteiger partial charge is 0.341 e. The Bertz CT molecular complexity index is 2300. The maximum Gasteiger partial charge on any atom is 0.219 e. The van der Waals surface area contributed by atoms with E-state index in [1.165, 1.54) is 63.5 Å². The van der Waals surface area contributed by atoms with Gasteiger partial charge in [-0.1, -0.05) is 0 Å². The van der Waals surface area contributed by atoms with Crippen molar-refractivity contribution in [3.63, 3.8) is 0 Å². The molecule has 7 aromatic heterocycles. The molecular formula is C29H15N9S4. The van der Waals surface area contributed by atoms with E-state index in [0.717, 1.165) is 21.1 Å². The number of rotatable bonds is 4. The molecule has 0 aliphatic carbocycles. The maximum atomic E-state index is 9.05. The van der Waals surface area contributed by atoms with Crippen molar-refractivity contribution in [3.8, 4) is 45.4 Å². The van der Waals surface area contributed by atoms with Crippen LogP contribution in [0.4, 0.5) is 10.0 Å². The maximum absolute atomic E-state index is 9.05. The molecule has 0 fully saturated rings. The third-order valence-electron chi connectivity index (χ3n) is 7.13. The van der Waals surface area contributed by atoms with Crippen molar-refractivity contribution in [2.75, 3.05) is 0 Å². The lowest BCUT2D eigenvalue weighted by Crippen LogP contribution is -1.94. The number of aryl methyl sites for hydroxylation is 3. The van der Waals surface area contributed by atoms with Crippen LogP contribution in [0.1, 0.15) is 0 Å². The van der Waals surface area contributed by atoms with E-state index < -0.39 is 0 Å². The van der Waals surface area contributed by atoms with Gasteiger partial charge in [-0.25, -0.2) is 9.98 Å². The summed E-state index contributed by atoms with van der Waals surface area (Å²) >= 11 is 6.49. The highest BCUT2D eigenvalue weighted by Crippen LogP contribution is 2.50. The summed E-state index contributed by atoms with van der Waals surface area (Å²) in [5.41, 5.74) is 6.51. The predicted molar refractivity (Wildman–Crippen MR) is 172 cm³/mol. The average molecular weight is 618 g/mol. The minimum atomic E-state index is -0.155. The molecule has 13 heteroatoms. The van der Waals surface area contributed by atoms with Crippen LogP contribution in [-0.2, 0) is 21.1 Å². The summed E-state index contributed by atoms with van der Waals surface area (Å²) < 4.78 is 11.6. The van der Waals surface area contributed by atoms with Crippen LogP contribution in [0.2, 0.25) is 0 Å². The Morgan fingerprint density at radius 3 is 1.36 bits per heavy atom. The first-order chi connectivity index (χ1) is 20.4. The molecule has 0 radical (unpaired) electrons. The molecule has 0 saturated carbocycles. The number of hydrogen-bond donors (Lipinski definition) is 0. The fraction of sp³-hybridized carbons (Fsp3) is 0.103. The fourth-order valence-corrected chi connectivity index (χ4v) is 9.93. The van der Waals surface area contributed by atoms with Gasteiger partial charge in [-0.2, -0.15) is 21.0 Å². The molecule has 0 amide bonds. The highest BCUT2D eigenvalue weighted by Gasteiger charge is 2.25. The smallest absolute Gasteiger partial charge is 0.219 e. The van der Waals surface area contributed by atoms with Crippen molar-refractivity contribution in [2.45, 2.75) is 0 Å². The number of nitrogens with zero attached hydrogens (tertiary/aromatic N) is 9. The van der Waals surface area contributed by atoms with E-state index in [2.05, 4.69) is 57.0 Å². The van der Waals surface area contributed by atoms with E-state index in [1.807, 2.05) is 48.5 Å². The van der Waals surface area contributed by atoms with E-state index in [1.54, 1.807) is 22.7 Å². The molecule has 200 valence electrons. The van der Waals surface area contributed by atoms with Gasteiger partial charge in [0.25, 0.3) is 0 Å². The summed E-state index contributed by atoms with van der Waals surface area (Å²) in [4.78, 5) is 10.3. The van der Waals surface area contributed by atoms with Crippen molar-refractivity contribution >= 4 is 108 Å². The van der Waals surface area contributed by atoms with Crippen molar-refractivity contribution in [2.24, 2.45) is 31.1 Å². The van der Waals surface area contributed by atoms with Gasteiger partial charge < -0.3 is 13.7 Å². The topological polar surface area (TPSA) is 135 Å². The lowest BCUT2D eigenvalue weighted by molar-refractivity contribution is 0.957. The second-order valence-corrected chi connectivity index (χ2v) is 13.6. The first kappa shape index (κ1) is 25.9. The summed E-state index contributed by atoms with van der Waals surface area (Å²) in [6.45, 7) is 0. The van der Waals surface area contributed by atoms with Crippen LogP contribution < -0.4 is 0 Å². The molecule has 0 atom stereocenters. The number of fused-ring (bicyclic) bond motifs is 7. The zero-order chi connectivity index (χ0) is 29.3. The highest BCUT2D eigenvalue weighted by molar-refractivity contribution is 7.33. The molecule has 0 aromatic carbocycles. The molecule has 9 nitrogen and oxygen atoms in total. The third-order valence-corrected chi connectivity index (χ3v) is 11.5. The zero-order valence-corrected chi connectivity index (χ0v) is 25.4. The Morgan fingerprint density at radius 2 is 0.976 bits per heavy atom. The van der Waals surface area contributed by atoms with E-state index >= 15 is 0 Å². The molecular weight excluding hydrogens is 603 g/mol. The van der Waals surface area contributed by atoms with Crippen LogP contribution in [0.3, 0.4) is 0 Å². The van der Waals surface area contributed by atoms with Gasteiger partial charge in [0.1, 0.15) is 34.3 Å². The number of hydrogen-bond acceptors (Lipinski definition) is 10. The lowest BCUT2D eigenvalue weighted by atomic mass is 10.3. The van der Waals surface area contributed by atoms with E-state index in [0.29, 0.717) is 10.0 Å². The van der Waals surface area contributed by atoms with Gasteiger partial charge >= 0.3 is 0 Å². The van der Waals surface area contributed by atoms with Gasteiger partial charge in [-0.3, -0.25) is 0 Å². The number of aliphatic imine (C=N–C) groups is 2. The highest BCUT2D eigenvalue weighted by atomic mass is 32.1. The van der Waals surface area contributed by atoms with Crippen LogP contribution in [-0.4, -0.2) is 25.1 Å². The van der Waals surface area contributed by atoms with Crippen molar-refractivity contribution in [1.29, 1.82) is 21.0 Å². The van der Waals surface area contributed by atoms with Crippen molar-refractivity contribution < 1.29 is 0 Å². The minimum Gasteiger partial charge on any atom is -0.341 e. The molecule has 7 heterocycles. The Kier molecular flexibility index (Phi) is 5.88. The second-order valence-electron chi connectivity index (χ2n) is 9.37. The Balaban J connectivity index is 1.36. The molecule has 0 bridgehead atoms. The molecule has 0 N–H and O–H groups in total. The van der Waals surface area contributed by atoms with Crippen molar-refractivity contribution in [1.82, 2.24) is 13.7 Å². The van der Waals surface area contributed by atoms with Gasteiger partial charge in [0, 0.05) is 21.1 Å². The van der Waals surface area contributed by atoms with E-state index in [9.17, 15) is 0 Å². The Hall–Kier alpha value is -5.02. The monoisotopic (exact) mass is 617 g/mol.